The second-order valence-electron chi connectivity index (χ2n) is 17.7. The van der Waals surface area contributed by atoms with Crippen molar-refractivity contribution < 1.29 is 66.8 Å². The van der Waals surface area contributed by atoms with E-state index in [1.807, 2.05) is 27.7 Å². The summed E-state index contributed by atoms with van der Waals surface area (Å²) in [5.74, 6) is -4.86. The van der Waals surface area contributed by atoms with E-state index >= 15 is 0 Å². The quantitative estimate of drug-likeness (QED) is 0.0273. The van der Waals surface area contributed by atoms with Gasteiger partial charge in [0, 0.05) is 38.8 Å². The van der Waals surface area contributed by atoms with Crippen molar-refractivity contribution in [3.63, 3.8) is 0 Å². The van der Waals surface area contributed by atoms with Gasteiger partial charge in [0.1, 0.15) is 23.7 Å². The van der Waals surface area contributed by atoms with Gasteiger partial charge in [-0.3, -0.25) is 28.8 Å². The highest BCUT2D eigenvalue weighted by Gasteiger charge is 2.30. The average Bonchev–Trinajstić information content (AvgIpc) is 3.28. The van der Waals surface area contributed by atoms with Crippen LogP contribution in [-0.2, 0) is 62.0 Å². The van der Waals surface area contributed by atoms with Crippen molar-refractivity contribution in [2.45, 2.75) is 213 Å². The summed E-state index contributed by atoms with van der Waals surface area (Å²) in [6.45, 7) is 14.4. The number of alkyl carbamates (subject to hydrolysis) is 1. The summed E-state index contributed by atoms with van der Waals surface area (Å²) in [5.41, 5.74) is 5.45. The first kappa shape index (κ1) is 63.0. The van der Waals surface area contributed by atoms with E-state index in [0.717, 1.165) is 25.7 Å². The van der Waals surface area contributed by atoms with E-state index in [9.17, 15) is 43.2 Å². The van der Waals surface area contributed by atoms with Crippen molar-refractivity contribution in [1.29, 1.82) is 0 Å². The Morgan fingerprint density at radius 2 is 0.897 bits per heavy atom. The molecule has 20 nitrogen and oxygen atoms in total. The number of hydrogen-bond donors (Lipinski definition) is 6. The molecule has 392 valence electrons. The van der Waals surface area contributed by atoms with Gasteiger partial charge >= 0.3 is 30.0 Å². The van der Waals surface area contributed by atoms with Crippen LogP contribution in [0.2, 0.25) is 0 Å². The van der Waals surface area contributed by atoms with Crippen molar-refractivity contribution in [3.05, 3.63) is 0 Å². The predicted octanol–water partition coefficient (Wildman–Crippen LogP) is 4.85. The fraction of sp³-hybridized carbons (Fsp3) is 0.812. The van der Waals surface area contributed by atoms with Gasteiger partial charge in [-0.2, -0.15) is 0 Å². The van der Waals surface area contributed by atoms with Crippen LogP contribution in [0.15, 0.2) is 0 Å². The van der Waals surface area contributed by atoms with Gasteiger partial charge in [0.25, 0.3) is 0 Å². The molecule has 0 fully saturated rings. The van der Waals surface area contributed by atoms with Crippen molar-refractivity contribution in [2.75, 3.05) is 39.5 Å². The van der Waals surface area contributed by atoms with Crippen molar-refractivity contribution in [2.24, 2.45) is 5.73 Å². The second-order valence-corrected chi connectivity index (χ2v) is 17.7. The molecule has 0 heterocycles. The van der Waals surface area contributed by atoms with Crippen LogP contribution < -0.4 is 32.3 Å². The molecule has 4 atom stereocenters. The lowest BCUT2D eigenvalue weighted by Gasteiger charge is -2.23. The van der Waals surface area contributed by atoms with Crippen molar-refractivity contribution in [3.8, 4) is 0 Å². The minimum Gasteiger partial charge on any atom is -0.466 e. The van der Waals surface area contributed by atoms with Gasteiger partial charge in [0.2, 0.25) is 23.6 Å². The highest BCUT2D eigenvalue weighted by atomic mass is 16.6. The monoisotopic (exact) mass is 971 g/mol. The number of rotatable bonds is 39. The zero-order valence-electron chi connectivity index (χ0n) is 42.2. The third-order valence-electron chi connectivity index (χ3n) is 10.1. The summed E-state index contributed by atoms with van der Waals surface area (Å²) in [6.07, 6.45) is 7.11. The molecule has 0 spiro atoms. The maximum atomic E-state index is 13.9. The molecule has 0 aliphatic heterocycles. The van der Waals surface area contributed by atoms with Crippen LogP contribution in [0.3, 0.4) is 0 Å². The minimum absolute atomic E-state index is 0.00706. The average molecular weight is 971 g/mol. The maximum Gasteiger partial charge on any atom is 0.407 e. The van der Waals surface area contributed by atoms with Crippen LogP contribution in [0, 0.1) is 0 Å². The van der Waals surface area contributed by atoms with Gasteiger partial charge in [0.15, 0.2) is 0 Å². The summed E-state index contributed by atoms with van der Waals surface area (Å²) in [5, 5.41) is 13.3. The lowest BCUT2D eigenvalue weighted by atomic mass is 10.1. The van der Waals surface area contributed by atoms with Crippen LogP contribution >= 0.6 is 0 Å². The van der Waals surface area contributed by atoms with Gasteiger partial charge in [0.05, 0.1) is 32.5 Å². The number of nitrogens with one attached hydrogen (secondary N) is 5. The molecule has 0 radical (unpaired) electrons. The molecule has 0 saturated carbocycles. The molecule has 0 aliphatic carbocycles. The number of unbranched alkanes of at least 4 members (excludes halogenated alkanes) is 7. The molecule has 7 N–H and O–H groups in total. The molecule has 5 amide bonds. The molecule has 0 aromatic carbocycles. The summed E-state index contributed by atoms with van der Waals surface area (Å²) >= 11 is 0. The van der Waals surface area contributed by atoms with Gasteiger partial charge in [-0.1, -0.05) is 59.8 Å². The number of esters is 4. The van der Waals surface area contributed by atoms with E-state index in [-0.39, 0.29) is 77.3 Å². The first-order chi connectivity index (χ1) is 32.4. The molecular formula is C48H86N6O14. The van der Waals surface area contributed by atoms with E-state index in [1.54, 1.807) is 20.8 Å². The van der Waals surface area contributed by atoms with E-state index < -0.39 is 77.5 Å². The molecule has 0 aliphatic rings. The number of carbonyl (C=O) groups excluding carboxylic acids is 9. The van der Waals surface area contributed by atoms with E-state index in [0.29, 0.717) is 77.3 Å². The summed E-state index contributed by atoms with van der Waals surface area (Å²) < 4.78 is 26.3. The summed E-state index contributed by atoms with van der Waals surface area (Å²) in [4.78, 5) is 116. The lowest BCUT2D eigenvalue weighted by Crippen LogP contribution is -2.52. The molecule has 0 aromatic rings. The van der Waals surface area contributed by atoms with Crippen LogP contribution in [0.5, 0.6) is 0 Å². The Morgan fingerprint density at radius 3 is 1.41 bits per heavy atom. The molecular weight excluding hydrogens is 885 g/mol. The van der Waals surface area contributed by atoms with E-state index in [2.05, 4.69) is 26.6 Å². The number of hydrogen-bond acceptors (Lipinski definition) is 15. The Bertz CT molecular complexity index is 1510. The van der Waals surface area contributed by atoms with E-state index in [4.69, 9.17) is 29.4 Å². The first-order valence-corrected chi connectivity index (χ1v) is 24.9. The molecule has 20 heteroatoms. The fourth-order valence-electron chi connectivity index (χ4n) is 6.07. The number of nitrogens with two attached hydrogens (primary N) is 1. The normalized spacial score (nSPS) is 12.8. The lowest BCUT2D eigenvalue weighted by molar-refractivity contribution is -0.150. The molecule has 68 heavy (non-hydrogen) atoms. The Hall–Kier alpha value is -5.01. The first-order valence-electron chi connectivity index (χ1n) is 24.9. The topological polar surface area (TPSA) is 286 Å². The zero-order valence-corrected chi connectivity index (χ0v) is 42.2. The number of amides is 5. The zero-order chi connectivity index (χ0) is 51.2. The minimum atomic E-state index is -1.33. The Balaban J connectivity index is 5.70. The molecule has 0 aromatic heterocycles. The smallest absolute Gasteiger partial charge is 0.407 e. The highest BCUT2D eigenvalue weighted by Crippen LogP contribution is 2.11. The molecule has 0 bridgehead atoms. The Kier molecular flexibility index (Phi) is 36.0. The Labute approximate surface area is 404 Å². The number of carbonyl (C=O) groups is 9. The summed E-state index contributed by atoms with van der Waals surface area (Å²) in [7, 11) is 0. The molecule has 0 saturated heterocycles. The van der Waals surface area contributed by atoms with Crippen molar-refractivity contribution in [1.82, 2.24) is 26.6 Å². The SMILES string of the molecule is CCCCOC(=O)CCC(NC(=O)CCC(NC(=O)CCCCCNC(=O)C(N)CCCCNC(=O)OC(C)(C)C)C(=O)NC(CCC(=O)OCCCC)C(=O)OCCCC)C(=O)OCCCC. The van der Waals surface area contributed by atoms with E-state index in [1.165, 1.54) is 0 Å². The Morgan fingerprint density at radius 1 is 0.456 bits per heavy atom. The van der Waals surface area contributed by atoms with Crippen LogP contribution in [0.1, 0.15) is 183 Å². The third-order valence-corrected chi connectivity index (χ3v) is 10.1. The van der Waals surface area contributed by atoms with Gasteiger partial charge in [-0.15, -0.1) is 0 Å². The van der Waals surface area contributed by atoms with Crippen LogP contribution in [0.4, 0.5) is 4.79 Å². The van der Waals surface area contributed by atoms with Gasteiger partial charge in [-0.25, -0.2) is 14.4 Å². The fourth-order valence-corrected chi connectivity index (χ4v) is 6.07. The van der Waals surface area contributed by atoms with Gasteiger partial charge in [-0.05, 0) is 97.8 Å². The van der Waals surface area contributed by atoms with Gasteiger partial charge < -0.3 is 56.0 Å². The van der Waals surface area contributed by atoms with Crippen molar-refractivity contribution >= 4 is 53.6 Å². The number of ether oxygens (including phenoxy) is 5. The third kappa shape index (κ3) is 34.3. The largest absolute Gasteiger partial charge is 0.466 e. The standard InChI is InChI=1S/C48H86N6O14/c1-8-12-31-64-41(57)27-24-37(45(61)66-33-14-10-3)53-40(56)26-23-36(44(60)54-38(46(62)67-34-15-11-4)25-28-42(58)65-32-13-9-2)52-39(55)22-17-16-19-29-50-43(59)35(49)21-18-20-30-51-47(63)68-48(5,6)7/h35-38H,8-34,49H2,1-7H3,(H,50,59)(H,51,63)(H,52,55)(H,53,56)(H,54,60). The molecule has 0 rings (SSSR count). The van der Waals surface area contributed by atoms with Crippen LogP contribution in [-0.4, -0.2) is 123 Å². The highest BCUT2D eigenvalue weighted by molar-refractivity contribution is 5.92. The summed E-state index contributed by atoms with van der Waals surface area (Å²) in [6, 6.07) is -4.50. The maximum absolute atomic E-state index is 13.9. The molecule has 4 unspecified atom stereocenters. The second kappa shape index (κ2) is 38.9. The predicted molar refractivity (Wildman–Crippen MR) is 255 cm³/mol. The van der Waals surface area contributed by atoms with Crippen LogP contribution in [0.25, 0.3) is 0 Å².